The Morgan fingerprint density at radius 3 is 2.78 bits per heavy atom. The van der Waals surface area contributed by atoms with E-state index in [0.717, 1.165) is 28.5 Å². The molecule has 0 aliphatic rings. The smallest absolute Gasteiger partial charge is 0.140 e. The lowest BCUT2D eigenvalue weighted by molar-refractivity contribution is 0.340. The van der Waals surface area contributed by atoms with Gasteiger partial charge in [0.05, 0.1) is 18.0 Å². The summed E-state index contributed by atoms with van der Waals surface area (Å²) >= 11 is 0. The Balaban J connectivity index is 2.45. The number of nitrogens with zero attached hydrogens (tertiary/aromatic N) is 2. The summed E-state index contributed by atoms with van der Waals surface area (Å²) in [6, 6.07) is 7.97. The van der Waals surface area contributed by atoms with E-state index in [4.69, 9.17) is 10.5 Å². The van der Waals surface area contributed by atoms with E-state index < -0.39 is 0 Å². The quantitative estimate of drug-likeness (QED) is 0.898. The monoisotopic (exact) mass is 245 g/mol. The van der Waals surface area contributed by atoms with Crippen LogP contribution in [0.4, 0.5) is 0 Å². The average molecular weight is 245 g/mol. The highest BCUT2D eigenvalue weighted by Crippen LogP contribution is 2.24. The third kappa shape index (κ3) is 2.24. The maximum atomic E-state index is 5.73. The van der Waals surface area contributed by atoms with E-state index in [9.17, 15) is 0 Å². The zero-order chi connectivity index (χ0) is 13.1. The second-order valence-corrected chi connectivity index (χ2v) is 4.19. The summed E-state index contributed by atoms with van der Waals surface area (Å²) in [5.74, 6) is 1.79. The van der Waals surface area contributed by atoms with Crippen molar-refractivity contribution in [2.45, 2.75) is 20.4 Å². The molecule has 4 nitrogen and oxygen atoms in total. The number of imidazole rings is 1. The van der Waals surface area contributed by atoms with E-state index in [1.807, 2.05) is 49.7 Å². The molecule has 1 heterocycles. The molecule has 0 fully saturated rings. The average Bonchev–Trinajstić information content (AvgIpc) is 2.65. The van der Waals surface area contributed by atoms with Crippen molar-refractivity contribution in [3.63, 3.8) is 0 Å². The lowest BCUT2D eigenvalue weighted by Gasteiger charge is -2.07. The second-order valence-electron chi connectivity index (χ2n) is 4.19. The number of hydrogen-bond acceptors (Lipinski definition) is 3. The fourth-order valence-corrected chi connectivity index (χ4v) is 2.10. The topological polar surface area (TPSA) is 53.1 Å². The van der Waals surface area contributed by atoms with Gasteiger partial charge in [-0.05, 0) is 26.0 Å². The maximum Gasteiger partial charge on any atom is 0.140 e. The molecule has 4 heteroatoms. The van der Waals surface area contributed by atoms with Gasteiger partial charge in [0.2, 0.25) is 0 Å². The van der Waals surface area contributed by atoms with E-state index in [1.54, 1.807) is 0 Å². The van der Waals surface area contributed by atoms with Gasteiger partial charge in [-0.25, -0.2) is 4.98 Å². The molecule has 18 heavy (non-hydrogen) atoms. The maximum absolute atomic E-state index is 5.73. The third-order valence-corrected chi connectivity index (χ3v) is 3.01. The molecule has 2 N–H and O–H groups in total. The zero-order valence-corrected chi connectivity index (χ0v) is 11.1. The van der Waals surface area contributed by atoms with Gasteiger partial charge in [-0.15, -0.1) is 0 Å². The van der Waals surface area contributed by atoms with Crippen molar-refractivity contribution in [3.05, 3.63) is 35.7 Å². The molecule has 0 aliphatic heterocycles. The lowest BCUT2D eigenvalue weighted by Crippen LogP contribution is -2.05. The van der Waals surface area contributed by atoms with E-state index in [2.05, 4.69) is 4.98 Å². The number of aromatic nitrogens is 2. The van der Waals surface area contributed by atoms with E-state index in [0.29, 0.717) is 13.2 Å². The molecular weight excluding hydrogens is 226 g/mol. The van der Waals surface area contributed by atoms with Crippen LogP contribution < -0.4 is 10.5 Å². The number of hydrogen-bond donors (Lipinski definition) is 1. The number of benzene rings is 1. The van der Waals surface area contributed by atoms with Crippen LogP contribution in [0.2, 0.25) is 0 Å². The van der Waals surface area contributed by atoms with Crippen LogP contribution in [0.1, 0.15) is 18.3 Å². The number of ether oxygens (including phenoxy) is 1. The standard InChI is InChI=1S/C14H19N3O/c1-4-18-12-7-5-6-11(8-12)14-16-10(2)13(9-15)17(14)3/h5-8H,4,9,15H2,1-3H3. The molecule has 0 saturated carbocycles. The van der Waals surface area contributed by atoms with Crippen LogP contribution >= 0.6 is 0 Å². The van der Waals surface area contributed by atoms with Crippen molar-refractivity contribution >= 4 is 0 Å². The van der Waals surface area contributed by atoms with Gasteiger partial charge >= 0.3 is 0 Å². The Hall–Kier alpha value is -1.81. The van der Waals surface area contributed by atoms with Gasteiger partial charge in [-0.3, -0.25) is 0 Å². The highest BCUT2D eigenvalue weighted by atomic mass is 16.5. The van der Waals surface area contributed by atoms with Crippen molar-refractivity contribution in [2.24, 2.45) is 12.8 Å². The molecule has 1 aromatic heterocycles. The first-order chi connectivity index (χ1) is 8.67. The van der Waals surface area contributed by atoms with E-state index in [1.165, 1.54) is 0 Å². The molecule has 0 saturated heterocycles. The third-order valence-electron chi connectivity index (χ3n) is 3.01. The van der Waals surface area contributed by atoms with Gasteiger partial charge < -0.3 is 15.0 Å². The molecule has 2 aromatic rings. The van der Waals surface area contributed by atoms with Gasteiger partial charge in [0, 0.05) is 19.2 Å². The van der Waals surface area contributed by atoms with Crippen LogP contribution in [-0.2, 0) is 13.6 Å². The Morgan fingerprint density at radius 1 is 1.39 bits per heavy atom. The van der Waals surface area contributed by atoms with Gasteiger partial charge in [0.15, 0.2) is 0 Å². The first-order valence-corrected chi connectivity index (χ1v) is 6.12. The van der Waals surface area contributed by atoms with Gasteiger partial charge in [-0.2, -0.15) is 0 Å². The van der Waals surface area contributed by atoms with Crippen LogP contribution in [-0.4, -0.2) is 16.2 Å². The Labute approximate surface area is 107 Å². The van der Waals surface area contributed by atoms with Crippen LogP contribution in [0.3, 0.4) is 0 Å². The van der Waals surface area contributed by atoms with E-state index >= 15 is 0 Å². The second kappa shape index (κ2) is 5.23. The minimum atomic E-state index is 0.500. The lowest BCUT2D eigenvalue weighted by atomic mass is 10.2. The van der Waals surface area contributed by atoms with Crippen molar-refractivity contribution in [1.82, 2.24) is 9.55 Å². The number of nitrogens with two attached hydrogens (primary N) is 1. The summed E-state index contributed by atoms with van der Waals surface area (Å²) in [6.45, 7) is 5.12. The van der Waals surface area contributed by atoms with E-state index in [-0.39, 0.29) is 0 Å². The van der Waals surface area contributed by atoms with Crippen LogP contribution in [0.5, 0.6) is 5.75 Å². The summed E-state index contributed by atoms with van der Waals surface area (Å²) in [4.78, 5) is 4.58. The van der Waals surface area contributed by atoms with Crippen LogP contribution in [0.15, 0.2) is 24.3 Å². The molecule has 0 amide bonds. The minimum absolute atomic E-state index is 0.500. The summed E-state index contributed by atoms with van der Waals surface area (Å²) in [7, 11) is 1.99. The molecule has 2 rings (SSSR count). The zero-order valence-electron chi connectivity index (χ0n) is 11.1. The van der Waals surface area contributed by atoms with Gasteiger partial charge in [-0.1, -0.05) is 12.1 Å². The predicted octanol–water partition coefficient (Wildman–Crippen LogP) is 2.25. The first-order valence-electron chi connectivity index (χ1n) is 6.12. The highest BCUT2D eigenvalue weighted by Gasteiger charge is 2.12. The molecular formula is C14H19N3O. The van der Waals surface area contributed by atoms with Gasteiger partial charge in [0.1, 0.15) is 11.6 Å². The van der Waals surface area contributed by atoms with Crippen LogP contribution in [0.25, 0.3) is 11.4 Å². The summed E-state index contributed by atoms with van der Waals surface area (Å²) in [6.07, 6.45) is 0. The molecule has 1 aromatic carbocycles. The Bertz CT molecular complexity index is 546. The van der Waals surface area contributed by atoms with Crippen molar-refractivity contribution in [2.75, 3.05) is 6.61 Å². The highest BCUT2D eigenvalue weighted by molar-refractivity contribution is 5.59. The molecule has 0 radical (unpaired) electrons. The minimum Gasteiger partial charge on any atom is -0.494 e. The molecule has 0 unspecified atom stereocenters. The van der Waals surface area contributed by atoms with Crippen LogP contribution in [0, 0.1) is 6.92 Å². The molecule has 0 bridgehead atoms. The normalized spacial score (nSPS) is 10.7. The molecule has 96 valence electrons. The summed E-state index contributed by atoms with van der Waals surface area (Å²) in [5.41, 5.74) is 8.83. The SMILES string of the molecule is CCOc1cccc(-c2nc(C)c(CN)n2C)c1. The Morgan fingerprint density at radius 2 is 2.17 bits per heavy atom. The number of rotatable bonds is 4. The first kappa shape index (κ1) is 12.6. The fourth-order valence-electron chi connectivity index (χ4n) is 2.10. The van der Waals surface area contributed by atoms with Crippen molar-refractivity contribution < 1.29 is 4.74 Å². The largest absolute Gasteiger partial charge is 0.494 e. The molecule has 0 atom stereocenters. The van der Waals surface area contributed by atoms with Crippen molar-refractivity contribution in [3.8, 4) is 17.1 Å². The number of aryl methyl sites for hydroxylation is 1. The summed E-state index contributed by atoms with van der Waals surface area (Å²) < 4.78 is 7.55. The van der Waals surface area contributed by atoms with Crippen molar-refractivity contribution in [1.29, 1.82) is 0 Å². The van der Waals surface area contributed by atoms with Gasteiger partial charge in [0.25, 0.3) is 0 Å². The molecule has 0 aliphatic carbocycles. The predicted molar refractivity (Wildman–Crippen MR) is 72.4 cm³/mol. The fraction of sp³-hybridized carbons (Fsp3) is 0.357. The Kier molecular flexibility index (Phi) is 3.67. The molecule has 0 spiro atoms. The summed E-state index contributed by atoms with van der Waals surface area (Å²) in [5, 5.41) is 0.